The van der Waals surface area contributed by atoms with Crippen molar-refractivity contribution >= 4 is 29.2 Å². The minimum atomic E-state index is -0.0637. The molecule has 1 heterocycles. The lowest BCUT2D eigenvalue weighted by molar-refractivity contribution is 0.478. The third kappa shape index (κ3) is 6.41. The Bertz CT molecular complexity index is 1570. The van der Waals surface area contributed by atoms with Crippen molar-refractivity contribution in [3.05, 3.63) is 143 Å². The molecule has 2 aliphatic rings. The van der Waals surface area contributed by atoms with E-state index in [4.69, 9.17) is 9.98 Å². The van der Waals surface area contributed by atoms with Gasteiger partial charge in [-0.05, 0) is 73.3 Å². The number of hydrogen-bond acceptors (Lipinski definition) is 2. The number of amidine groups is 1. The first-order valence-electron chi connectivity index (χ1n) is 15.2. The van der Waals surface area contributed by atoms with Crippen molar-refractivity contribution in [2.75, 3.05) is 0 Å². The van der Waals surface area contributed by atoms with Crippen molar-refractivity contribution in [1.82, 2.24) is 0 Å². The summed E-state index contributed by atoms with van der Waals surface area (Å²) in [5, 5.41) is 0. The summed E-state index contributed by atoms with van der Waals surface area (Å²) in [5.41, 5.74) is 9.64. The monoisotopic (exact) mass is 551 g/mol. The number of benzene rings is 3. The van der Waals surface area contributed by atoms with Crippen molar-refractivity contribution in [2.24, 2.45) is 15.0 Å². The highest BCUT2D eigenvalue weighted by Gasteiger charge is 2.30. The quantitative estimate of drug-likeness (QED) is 0.187. The first kappa shape index (κ1) is 29.1. The summed E-state index contributed by atoms with van der Waals surface area (Å²) in [7, 11) is 0. The molecule has 3 heteroatoms. The minimum absolute atomic E-state index is 0.0637. The summed E-state index contributed by atoms with van der Waals surface area (Å²) in [5.74, 6) is 0.704. The number of rotatable bonds is 9. The predicted molar refractivity (Wildman–Crippen MR) is 182 cm³/mol. The molecule has 0 saturated carbocycles. The predicted octanol–water partition coefficient (Wildman–Crippen LogP) is 10.2. The van der Waals surface area contributed by atoms with Crippen LogP contribution >= 0.6 is 0 Å². The van der Waals surface area contributed by atoms with Gasteiger partial charge in [0.2, 0.25) is 0 Å². The molecule has 42 heavy (non-hydrogen) atoms. The normalized spacial score (nSPS) is 15.8. The fraction of sp³-hybridized carbons (Fsp3) is 0.256. The highest BCUT2D eigenvalue weighted by Crippen LogP contribution is 2.40. The zero-order chi connectivity index (χ0) is 29.4. The van der Waals surface area contributed by atoms with Gasteiger partial charge in [0.05, 0.1) is 11.4 Å². The molecule has 0 fully saturated rings. The van der Waals surface area contributed by atoms with Gasteiger partial charge in [0.25, 0.3) is 0 Å². The summed E-state index contributed by atoms with van der Waals surface area (Å²) in [6.07, 6.45) is 16.9. The van der Waals surface area contributed by atoms with Crippen LogP contribution in [0.5, 0.6) is 0 Å². The van der Waals surface area contributed by atoms with Crippen LogP contribution in [0.1, 0.15) is 87.1 Å². The topological polar surface area (TPSA) is 37.1 Å². The van der Waals surface area contributed by atoms with Crippen LogP contribution < -0.4 is 0 Å². The number of aliphatic imine (C=N–C) groups is 3. The molecule has 1 aliphatic carbocycles. The van der Waals surface area contributed by atoms with Gasteiger partial charge in [0.1, 0.15) is 0 Å². The fourth-order valence-electron chi connectivity index (χ4n) is 5.91. The zero-order valence-corrected chi connectivity index (χ0v) is 25.2. The van der Waals surface area contributed by atoms with Gasteiger partial charge < -0.3 is 0 Å². The maximum absolute atomic E-state index is 4.98. The SMILES string of the molecule is C=C(/N=C(\N=C(/C)c1ccccc1)C1=CCCC=C1)c1ccc(C(CC)(CC)c2ccc(C3=CCCC=N3)cc2)cc1. The van der Waals surface area contributed by atoms with E-state index in [0.717, 1.165) is 66.6 Å². The van der Waals surface area contributed by atoms with E-state index in [1.807, 2.05) is 31.3 Å². The largest absolute Gasteiger partial charge is 0.261 e. The van der Waals surface area contributed by atoms with E-state index in [9.17, 15) is 0 Å². The molecule has 0 unspecified atom stereocenters. The summed E-state index contributed by atoms with van der Waals surface area (Å²) in [6.45, 7) is 11.0. The summed E-state index contributed by atoms with van der Waals surface area (Å²) >= 11 is 0. The van der Waals surface area contributed by atoms with Gasteiger partial charge in [-0.15, -0.1) is 0 Å². The molecule has 0 amide bonds. The molecule has 0 N–H and O–H groups in total. The Morgan fingerprint density at radius 1 is 0.762 bits per heavy atom. The maximum Gasteiger partial charge on any atom is 0.159 e. The van der Waals surface area contributed by atoms with Gasteiger partial charge in [-0.2, -0.15) is 0 Å². The van der Waals surface area contributed by atoms with Crippen LogP contribution in [0.4, 0.5) is 0 Å². The molecule has 0 spiro atoms. The standard InChI is InChI=1S/C39H41N3/c1-5-39(6-2,36-26-22-33(23-27-36)37-19-13-14-28-40-37)35-24-20-32(21-25-35)30(4)42-38(34-17-11-8-12-18-34)41-29(3)31-15-9-7-10-16-31/h7,9-11,15-28H,4-6,8,12-14H2,1-3H3/b41-29+,42-38-. The van der Waals surface area contributed by atoms with Gasteiger partial charge in [0.15, 0.2) is 5.84 Å². The summed E-state index contributed by atoms with van der Waals surface area (Å²) in [6, 6.07) is 28.1. The Morgan fingerprint density at radius 2 is 1.43 bits per heavy atom. The van der Waals surface area contributed by atoms with Crippen molar-refractivity contribution < 1.29 is 0 Å². The Labute approximate surface area is 251 Å². The van der Waals surface area contributed by atoms with E-state index in [0.29, 0.717) is 11.5 Å². The highest BCUT2D eigenvalue weighted by atomic mass is 14.9. The molecule has 212 valence electrons. The van der Waals surface area contributed by atoms with Crippen LogP contribution in [-0.2, 0) is 5.41 Å². The molecule has 1 aliphatic heterocycles. The van der Waals surface area contributed by atoms with Crippen LogP contribution in [0.25, 0.3) is 11.4 Å². The molecule has 0 bridgehead atoms. The van der Waals surface area contributed by atoms with Crippen LogP contribution in [0.15, 0.2) is 130 Å². The molecule has 3 aromatic carbocycles. The lowest BCUT2D eigenvalue weighted by atomic mass is 9.70. The van der Waals surface area contributed by atoms with Gasteiger partial charge in [-0.3, -0.25) is 4.99 Å². The number of nitrogens with zero attached hydrogens (tertiary/aromatic N) is 3. The number of hydrogen-bond donors (Lipinski definition) is 0. The molecular weight excluding hydrogens is 510 g/mol. The second-order valence-electron chi connectivity index (χ2n) is 11.0. The Balaban J connectivity index is 1.43. The second kappa shape index (κ2) is 13.5. The molecule has 5 rings (SSSR count). The van der Waals surface area contributed by atoms with E-state index >= 15 is 0 Å². The minimum Gasteiger partial charge on any atom is -0.261 e. The van der Waals surface area contributed by atoms with E-state index in [1.54, 1.807) is 0 Å². The average Bonchev–Trinajstić information content (AvgIpc) is 3.07. The van der Waals surface area contributed by atoms with E-state index in [-0.39, 0.29) is 5.41 Å². The molecule has 0 aromatic heterocycles. The van der Waals surface area contributed by atoms with Gasteiger partial charge >= 0.3 is 0 Å². The van der Waals surface area contributed by atoms with Gasteiger partial charge in [0, 0.05) is 22.9 Å². The van der Waals surface area contributed by atoms with E-state index < -0.39 is 0 Å². The third-order valence-electron chi connectivity index (χ3n) is 8.53. The lowest BCUT2D eigenvalue weighted by Crippen LogP contribution is -2.26. The second-order valence-corrected chi connectivity index (χ2v) is 11.0. The highest BCUT2D eigenvalue weighted by molar-refractivity contribution is 6.13. The van der Waals surface area contributed by atoms with Crippen molar-refractivity contribution in [2.45, 2.75) is 64.7 Å². The maximum atomic E-state index is 4.98. The van der Waals surface area contributed by atoms with Crippen LogP contribution in [0.2, 0.25) is 0 Å². The molecule has 0 atom stereocenters. The van der Waals surface area contributed by atoms with E-state index in [1.165, 1.54) is 16.7 Å². The Hall–Kier alpha value is -4.37. The average molecular weight is 552 g/mol. The fourth-order valence-corrected chi connectivity index (χ4v) is 5.91. The first-order chi connectivity index (χ1) is 20.5. The summed E-state index contributed by atoms with van der Waals surface area (Å²) < 4.78 is 0. The molecule has 3 aromatic rings. The van der Waals surface area contributed by atoms with Crippen LogP contribution in [0.3, 0.4) is 0 Å². The molecule has 3 nitrogen and oxygen atoms in total. The Morgan fingerprint density at radius 3 is 2.02 bits per heavy atom. The molecule has 0 radical (unpaired) electrons. The molecular formula is C39H41N3. The smallest absolute Gasteiger partial charge is 0.159 e. The number of allylic oxidation sites excluding steroid dienone is 3. The van der Waals surface area contributed by atoms with Crippen LogP contribution in [0, 0.1) is 0 Å². The zero-order valence-electron chi connectivity index (χ0n) is 25.2. The van der Waals surface area contributed by atoms with Gasteiger partial charge in [-0.1, -0.05) is 124 Å². The third-order valence-corrected chi connectivity index (χ3v) is 8.53. The van der Waals surface area contributed by atoms with E-state index in [2.05, 4.69) is 110 Å². The van der Waals surface area contributed by atoms with Crippen molar-refractivity contribution in [3.63, 3.8) is 0 Å². The lowest BCUT2D eigenvalue weighted by Gasteiger charge is -2.33. The van der Waals surface area contributed by atoms with Crippen LogP contribution in [-0.4, -0.2) is 17.8 Å². The molecule has 0 saturated heterocycles. The Kier molecular flexibility index (Phi) is 9.38. The van der Waals surface area contributed by atoms with Crippen molar-refractivity contribution in [3.8, 4) is 0 Å². The first-order valence-corrected chi connectivity index (χ1v) is 15.2. The van der Waals surface area contributed by atoms with Gasteiger partial charge in [-0.25, -0.2) is 9.98 Å². The van der Waals surface area contributed by atoms with Crippen molar-refractivity contribution in [1.29, 1.82) is 0 Å². The summed E-state index contributed by atoms with van der Waals surface area (Å²) in [4.78, 5) is 14.6.